The Kier molecular flexibility index (Phi) is 7.79. The predicted molar refractivity (Wildman–Crippen MR) is 88.3 cm³/mol. The van der Waals surface area contributed by atoms with Gasteiger partial charge < -0.3 is 15.8 Å². The first-order valence-corrected chi connectivity index (χ1v) is 7.32. The van der Waals surface area contributed by atoms with Crippen LogP contribution < -0.4 is 11.1 Å². The van der Waals surface area contributed by atoms with Gasteiger partial charge in [0.1, 0.15) is 0 Å². The fourth-order valence-corrected chi connectivity index (χ4v) is 1.99. The zero-order valence-electron chi connectivity index (χ0n) is 13.5. The van der Waals surface area contributed by atoms with Gasteiger partial charge in [0.2, 0.25) is 0 Å². The van der Waals surface area contributed by atoms with Gasteiger partial charge in [0.05, 0.1) is 13.2 Å². The molecule has 0 aliphatic heterocycles. The van der Waals surface area contributed by atoms with Crippen LogP contribution in [0.5, 0.6) is 0 Å². The molecule has 2 atom stereocenters. The number of nitrogens with two attached hydrogens (primary N) is 1. The summed E-state index contributed by atoms with van der Waals surface area (Å²) >= 11 is 0. The molecule has 0 saturated carbocycles. The molecule has 3 N–H and O–H groups in total. The lowest BCUT2D eigenvalue weighted by molar-refractivity contribution is 0.179. The summed E-state index contributed by atoms with van der Waals surface area (Å²) in [4.78, 5) is 6.66. The molecule has 21 heavy (non-hydrogen) atoms. The van der Waals surface area contributed by atoms with E-state index >= 15 is 0 Å². The molecule has 0 fully saturated rings. The van der Waals surface area contributed by atoms with Crippen LogP contribution in [0.25, 0.3) is 0 Å². The topological polar surface area (TPSA) is 62.9 Å². The third kappa shape index (κ3) is 7.11. The molecule has 1 aromatic carbocycles. The molecular weight excluding hydrogens is 264 g/mol. The molecule has 5 heteroatoms. The van der Waals surface area contributed by atoms with Crippen molar-refractivity contribution in [3.8, 4) is 0 Å². The summed E-state index contributed by atoms with van der Waals surface area (Å²) in [5.74, 6) is 0.472. The number of benzene rings is 1. The number of nitrogens with zero attached hydrogens (tertiary/aromatic N) is 2. The molecule has 1 rings (SSSR count). The van der Waals surface area contributed by atoms with Crippen molar-refractivity contribution in [2.45, 2.75) is 32.5 Å². The van der Waals surface area contributed by atoms with Gasteiger partial charge in [-0.2, -0.15) is 0 Å². The third-order valence-electron chi connectivity index (χ3n) is 3.36. The van der Waals surface area contributed by atoms with E-state index in [1.54, 1.807) is 7.11 Å². The highest BCUT2D eigenvalue weighted by Gasteiger charge is 2.09. The third-order valence-corrected chi connectivity index (χ3v) is 3.36. The molecule has 2 unspecified atom stereocenters. The molecule has 5 nitrogen and oxygen atoms in total. The number of nitrogens with one attached hydrogen (secondary N) is 1. The Hall–Kier alpha value is -1.59. The molecule has 118 valence electrons. The van der Waals surface area contributed by atoms with Crippen LogP contribution in [0, 0.1) is 0 Å². The van der Waals surface area contributed by atoms with Crippen molar-refractivity contribution in [1.29, 1.82) is 0 Å². The van der Waals surface area contributed by atoms with E-state index in [1.165, 1.54) is 5.56 Å². The van der Waals surface area contributed by atoms with Crippen molar-refractivity contribution in [2.24, 2.45) is 10.7 Å². The molecule has 0 bridgehead atoms. The lowest BCUT2D eigenvalue weighted by Crippen LogP contribution is -2.41. The molecule has 0 saturated heterocycles. The Balaban J connectivity index is 2.39. The first-order valence-electron chi connectivity index (χ1n) is 7.32. The van der Waals surface area contributed by atoms with E-state index in [4.69, 9.17) is 10.5 Å². The number of aliphatic imine (C=N–C) groups is 1. The second-order valence-corrected chi connectivity index (χ2v) is 5.48. The summed E-state index contributed by atoms with van der Waals surface area (Å²) in [6, 6.07) is 10.9. The standard InChI is InChI=1S/C16H28N4O/c1-13(12-21-4)19-16(17)18-10-14(2)20(3)11-15-8-6-5-7-9-15/h5-9,13-14H,10-12H2,1-4H3,(H3,17,18,19). The van der Waals surface area contributed by atoms with E-state index in [2.05, 4.69) is 53.4 Å². The molecule has 0 heterocycles. The molecule has 0 aliphatic rings. The van der Waals surface area contributed by atoms with Gasteiger partial charge in [0.25, 0.3) is 0 Å². The largest absolute Gasteiger partial charge is 0.383 e. The van der Waals surface area contributed by atoms with Crippen molar-refractivity contribution in [1.82, 2.24) is 10.2 Å². The minimum atomic E-state index is 0.163. The van der Waals surface area contributed by atoms with Crippen LogP contribution in [0.2, 0.25) is 0 Å². The lowest BCUT2D eigenvalue weighted by atomic mass is 10.2. The maximum absolute atomic E-state index is 5.87. The lowest BCUT2D eigenvalue weighted by Gasteiger charge is -2.23. The summed E-state index contributed by atoms with van der Waals surface area (Å²) < 4.78 is 5.05. The number of hydrogen-bond acceptors (Lipinski definition) is 3. The second-order valence-electron chi connectivity index (χ2n) is 5.48. The van der Waals surface area contributed by atoms with Crippen molar-refractivity contribution in [3.63, 3.8) is 0 Å². The zero-order chi connectivity index (χ0) is 15.7. The van der Waals surface area contributed by atoms with Gasteiger partial charge in [0, 0.05) is 25.7 Å². The Morgan fingerprint density at radius 3 is 2.62 bits per heavy atom. The van der Waals surface area contributed by atoms with E-state index in [1.807, 2.05) is 13.0 Å². The number of methoxy groups -OCH3 is 1. The van der Waals surface area contributed by atoms with Gasteiger partial charge in [-0.25, -0.2) is 0 Å². The van der Waals surface area contributed by atoms with Crippen molar-refractivity contribution < 1.29 is 4.74 Å². The van der Waals surface area contributed by atoms with Crippen molar-refractivity contribution >= 4 is 5.96 Å². The molecule has 0 aliphatic carbocycles. The van der Waals surface area contributed by atoms with Gasteiger partial charge in [-0.3, -0.25) is 9.89 Å². The Labute approximate surface area is 128 Å². The smallest absolute Gasteiger partial charge is 0.188 e. The molecular formula is C16H28N4O. The highest BCUT2D eigenvalue weighted by Crippen LogP contribution is 2.06. The van der Waals surface area contributed by atoms with Crippen molar-refractivity contribution in [3.05, 3.63) is 35.9 Å². The molecule has 0 spiro atoms. The number of guanidine groups is 1. The number of ether oxygens (including phenoxy) is 1. The number of likely N-dealkylation sites (N-methyl/N-ethyl adjacent to an activating group) is 1. The monoisotopic (exact) mass is 292 g/mol. The average molecular weight is 292 g/mol. The Morgan fingerprint density at radius 1 is 1.33 bits per heavy atom. The minimum absolute atomic E-state index is 0.163. The van der Waals surface area contributed by atoms with Gasteiger partial charge in [-0.15, -0.1) is 0 Å². The molecule has 1 aromatic rings. The fraction of sp³-hybridized carbons (Fsp3) is 0.562. The minimum Gasteiger partial charge on any atom is -0.383 e. The maximum atomic E-state index is 5.87. The van der Waals surface area contributed by atoms with E-state index < -0.39 is 0 Å². The normalized spacial score (nSPS) is 15.0. The second kappa shape index (κ2) is 9.37. The van der Waals surface area contributed by atoms with E-state index in [-0.39, 0.29) is 6.04 Å². The SMILES string of the molecule is COCC(C)NC(N)=NCC(C)N(C)Cc1ccccc1. The first kappa shape index (κ1) is 17.5. The Morgan fingerprint density at radius 2 is 2.00 bits per heavy atom. The summed E-state index contributed by atoms with van der Waals surface area (Å²) in [5, 5.41) is 3.11. The van der Waals surface area contributed by atoms with Crippen LogP contribution in [0.1, 0.15) is 19.4 Å². The van der Waals surface area contributed by atoms with E-state index in [0.717, 1.165) is 6.54 Å². The van der Waals surface area contributed by atoms with Crippen LogP contribution in [0.4, 0.5) is 0 Å². The van der Waals surface area contributed by atoms with Gasteiger partial charge >= 0.3 is 0 Å². The van der Waals surface area contributed by atoms with E-state index in [0.29, 0.717) is 25.2 Å². The van der Waals surface area contributed by atoms with Crippen LogP contribution in [0.15, 0.2) is 35.3 Å². The van der Waals surface area contributed by atoms with Crippen LogP contribution in [-0.2, 0) is 11.3 Å². The van der Waals surface area contributed by atoms with Gasteiger partial charge in [0.15, 0.2) is 5.96 Å². The predicted octanol–water partition coefficient (Wildman–Crippen LogP) is 1.45. The van der Waals surface area contributed by atoms with E-state index in [9.17, 15) is 0 Å². The van der Waals surface area contributed by atoms with Crippen LogP contribution in [0.3, 0.4) is 0 Å². The summed E-state index contributed by atoms with van der Waals surface area (Å²) in [7, 11) is 3.77. The van der Waals surface area contributed by atoms with Gasteiger partial charge in [-0.1, -0.05) is 30.3 Å². The quantitative estimate of drug-likeness (QED) is 0.562. The first-order chi connectivity index (χ1) is 10.0. The van der Waals surface area contributed by atoms with Crippen LogP contribution >= 0.6 is 0 Å². The molecule has 0 aromatic heterocycles. The number of hydrogen-bond donors (Lipinski definition) is 2. The Bertz CT molecular complexity index is 422. The summed E-state index contributed by atoms with van der Waals surface area (Å²) in [6.45, 7) is 6.35. The van der Waals surface area contributed by atoms with Gasteiger partial charge in [-0.05, 0) is 26.5 Å². The zero-order valence-corrected chi connectivity index (χ0v) is 13.5. The molecule has 0 radical (unpaired) electrons. The summed E-state index contributed by atoms with van der Waals surface area (Å²) in [6.07, 6.45) is 0. The van der Waals surface area contributed by atoms with Crippen molar-refractivity contribution in [2.75, 3.05) is 27.3 Å². The highest BCUT2D eigenvalue weighted by molar-refractivity contribution is 5.78. The molecule has 0 amide bonds. The fourth-order valence-electron chi connectivity index (χ4n) is 1.99. The van der Waals surface area contributed by atoms with Crippen LogP contribution in [-0.4, -0.2) is 50.3 Å². The number of rotatable bonds is 8. The highest BCUT2D eigenvalue weighted by atomic mass is 16.5. The average Bonchev–Trinajstić information content (AvgIpc) is 2.46. The summed E-state index contributed by atoms with van der Waals surface area (Å²) in [5.41, 5.74) is 7.17. The maximum Gasteiger partial charge on any atom is 0.188 e.